The van der Waals surface area contributed by atoms with Crippen LogP contribution >= 0.6 is 22.9 Å². The minimum Gasteiger partial charge on any atom is -0.486 e. The molecule has 130 valence electrons. The van der Waals surface area contributed by atoms with Crippen molar-refractivity contribution in [1.29, 1.82) is 0 Å². The molecule has 1 amide bonds. The van der Waals surface area contributed by atoms with E-state index in [1.807, 2.05) is 30.3 Å². The number of halogens is 1. The van der Waals surface area contributed by atoms with E-state index in [4.69, 9.17) is 25.9 Å². The van der Waals surface area contributed by atoms with Crippen LogP contribution < -0.4 is 14.8 Å². The molecule has 2 aliphatic rings. The number of carbonyl (C=O) groups is 1. The fourth-order valence-corrected chi connectivity index (χ4v) is 3.66. The molecule has 2 aromatic rings. The van der Waals surface area contributed by atoms with Gasteiger partial charge in [0.25, 0.3) is 5.91 Å². The molecule has 0 saturated heterocycles. The Morgan fingerprint density at radius 3 is 2.92 bits per heavy atom. The van der Waals surface area contributed by atoms with Gasteiger partial charge in [-0.1, -0.05) is 28.9 Å². The van der Waals surface area contributed by atoms with Crippen LogP contribution in [-0.4, -0.2) is 37.0 Å². The number of carbonyl (C=O) groups excluding carboxylic acids is 1. The molecular formula is C17H15ClN2O4S. The van der Waals surface area contributed by atoms with E-state index in [0.29, 0.717) is 29.7 Å². The van der Waals surface area contributed by atoms with Crippen LogP contribution in [0.15, 0.2) is 41.6 Å². The van der Waals surface area contributed by atoms with Gasteiger partial charge in [-0.15, -0.1) is 11.3 Å². The predicted octanol–water partition coefficient (Wildman–Crippen LogP) is 2.85. The Kier molecular flexibility index (Phi) is 4.50. The summed E-state index contributed by atoms with van der Waals surface area (Å²) in [7, 11) is 0. The number of amides is 1. The minimum atomic E-state index is -0.632. The van der Waals surface area contributed by atoms with Crippen LogP contribution in [0.2, 0.25) is 4.34 Å². The Bertz CT molecular complexity index is 822. The lowest BCUT2D eigenvalue weighted by Gasteiger charge is -2.26. The Morgan fingerprint density at radius 1 is 1.28 bits per heavy atom. The molecule has 0 aliphatic carbocycles. The van der Waals surface area contributed by atoms with Gasteiger partial charge >= 0.3 is 0 Å². The SMILES string of the molecule is O=C(NC[C@H]1COc2ccccc2O1)[C@@H]1CC(c2ccc(Cl)s2)=NO1. The van der Waals surface area contributed by atoms with E-state index in [0.717, 1.165) is 16.3 Å². The molecule has 0 spiro atoms. The van der Waals surface area contributed by atoms with Crippen LogP contribution in [0.25, 0.3) is 0 Å². The second kappa shape index (κ2) is 6.93. The molecule has 25 heavy (non-hydrogen) atoms. The first kappa shape index (κ1) is 16.2. The van der Waals surface area contributed by atoms with Gasteiger partial charge in [-0.3, -0.25) is 4.79 Å². The van der Waals surface area contributed by atoms with Crippen LogP contribution in [0.4, 0.5) is 0 Å². The van der Waals surface area contributed by atoms with E-state index < -0.39 is 6.10 Å². The van der Waals surface area contributed by atoms with Gasteiger partial charge in [0.1, 0.15) is 18.4 Å². The fourth-order valence-electron chi connectivity index (χ4n) is 2.62. The number of nitrogens with one attached hydrogen (secondary N) is 1. The molecule has 0 unspecified atom stereocenters. The van der Waals surface area contributed by atoms with Gasteiger partial charge < -0.3 is 19.6 Å². The number of hydrogen-bond donors (Lipinski definition) is 1. The highest BCUT2D eigenvalue weighted by Gasteiger charge is 2.30. The standard InChI is InChI=1S/C17H15ClN2O4S/c18-16-6-5-15(25-16)11-7-14(24-20-11)17(21)19-8-10-9-22-12-3-1-2-4-13(12)23-10/h1-6,10,14H,7-9H2,(H,19,21)/t10-,14-/m0/s1. The Balaban J connectivity index is 1.28. The minimum absolute atomic E-state index is 0.219. The average Bonchev–Trinajstić information content (AvgIpc) is 3.28. The van der Waals surface area contributed by atoms with Gasteiger partial charge in [0.2, 0.25) is 6.10 Å². The van der Waals surface area contributed by atoms with E-state index in [2.05, 4.69) is 10.5 Å². The first-order valence-corrected chi connectivity index (χ1v) is 9.03. The van der Waals surface area contributed by atoms with E-state index >= 15 is 0 Å². The number of para-hydroxylation sites is 2. The molecule has 3 heterocycles. The summed E-state index contributed by atoms with van der Waals surface area (Å²) in [4.78, 5) is 18.5. The van der Waals surface area contributed by atoms with Crippen molar-refractivity contribution in [1.82, 2.24) is 5.32 Å². The Labute approximate surface area is 153 Å². The maximum Gasteiger partial charge on any atom is 0.264 e. The fraction of sp³-hybridized carbons (Fsp3) is 0.294. The molecular weight excluding hydrogens is 364 g/mol. The summed E-state index contributed by atoms with van der Waals surface area (Å²) in [5.41, 5.74) is 0.739. The Morgan fingerprint density at radius 2 is 2.12 bits per heavy atom. The number of benzene rings is 1. The molecule has 1 aromatic carbocycles. The van der Waals surface area contributed by atoms with Crippen LogP contribution in [0, 0.1) is 0 Å². The Hall–Kier alpha value is -2.25. The summed E-state index contributed by atoms with van der Waals surface area (Å²) >= 11 is 7.34. The first-order chi connectivity index (χ1) is 12.2. The average molecular weight is 379 g/mol. The number of thiophene rings is 1. The molecule has 0 saturated carbocycles. The highest BCUT2D eigenvalue weighted by atomic mass is 35.5. The highest BCUT2D eigenvalue weighted by Crippen LogP contribution is 2.30. The summed E-state index contributed by atoms with van der Waals surface area (Å²) < 4.78 is 12.1. The van der Waals surface area contributed by atoms with Crippen molar-refractivity contribution in [3.63, 3.8) is 0 Å². The van der Waals surface area contributed by atoms with Crippen molar-refractivity contribution in [3.8, 4) is 11.5 Å². The lowest BCUT2D eigenvalue weighted by molar-refractivity contribution is -0.131. The summed E-state index contributed by atoms with van der Waals surface area (Å²) in [5, 5.41) is 6.84. The summed E-state index contributed by atoms with van der Waals surface area (Å²) in [5.74, 6) is 1.19. The van der Waals surface area contributed by atoms with Gasteiger partial charge in [0.05, 0.1) is 15.8 Å². The molecule has 2 atom stereocenters. The normalized spacial score (nSPS) is 21.4. The van der Waals surface area contributed by atoms with Crippen molar-refractivity contribution in [3.05, 3.63) is 45.6 Å². The molecule has 2 aliphatic heterocycles. The number of rotatable bonds is 4. The van der Waals surface area contributed by atoms with Crippen molar-refractivity contribution in [2.24, 2.45) is 5.16 Å². The summed E-state index contributed by atoms with van der Waals surface area (Å²) in [6.07, 6.45) is -0.447. The van der Waals surface area contributed by atoms with Crippen molar-refractivity contribution >= 4 is 34.6 Å². The van der Waals surface area contributed by atoms with E-state index in [1.165, 1.54) is 11.3 Å². The number of fused-ring (bicyclic) bond motifs is 1. The molecule has 0 radical (unpaired) electrons. The molecule has 1 N–H and O–H groups in total. The molecule has 4 rings (SSSR count). The third kappa shape index (κ3) is 3.57. The van der Waals surface area contributed by atoms with Crippen molar-refractivity contribution in [2.75, 3.05) is 13.2 Å². The topological polar surface area (TPSA) is 69.2 Å². The van der Waals surface area contributed by atoms with Crippen molar-refractivity contribution in [2.45, 2.75) is 18.6 Å². The van der Waals surface area contributed by atoms with Gasteiger partial charge in [0.15, 0.2) is 11.5 Å². The number of oxime groups is 1. The van der Waals surface area contributed by atoms with E-state index in [-0.39, 0.29) is 12.0 Å². The number of nitrogens with zero attached hydrogens (tertiary/aromatic N) is 1. The third-order valence-electron chi connectivity index (χ3n) is 3.89. The zero-order valence-corrected chi connectivity index (χ0v) is 14.7. The first-order valence-electron chi connectivity index (χ1n) is 7.83. The van der Waals surface area contributed by atoms with Gasteiger partial charge in [-0.05, 0) is 24.3 Å². The highest BCUT2D eigenvalue weighted by molar-refractivity contribution is 7.18. The number of hydrogen-bond acceptors (Lipinski definition) is 6. The zero-order valence-electron chi connectivity index (χ0n) is 13.1. The van der Waals surface area contributed by atoms with Crippen molar-refractivity contribution < 1.29 is 19.1 Å². The van der Waals surface area contributed by atoms with Crippen LogP contribution in [-0.2, 0) is 9.63 Å². The molecule has 0 bridgehead atoms. The van der Waals surface area contributed by atoms with E-state index in [1.54, 1.807) is 6.07 Å². The summed E-state index contributed by atoms with van der Waals surface area (Å²) in [6.45, 7) is 0.728. The van der Waals surface area contributed by atoms with Gasteiger partial charge in [-0.25, -0.2) is 0 Å². The second-order valence-corrected chi connectivity index (χ2v) is 7.40. The zero-order chi connectivity index (χ0) is 17.2. The van der Waals surface area contributed by atoms with Crippen LogP contribution in [0.1, 0.15) is 11.3 Å². The quantitative estimate of drug-likeness (QED) is 0.888. The largest absolute Gasteiger partial charge is 0.486 e. The lowest BCUT2D eigenvalue weighted by Crippen LogP contribution is -2.44. The maximum atomic E-state index is 12.3. The van der Waals surface area contributed by atoms with E-state index in [9.17, 15) is 4.79 Å². The van der Waals surface area contributed by atoms with Crippen LogP contribution in [0.3, 0.4) is 0 Å². The number of ether oxygens (including phenoxy) is 2. The van der Waals surface area contributed by atoms with Gasteiger partial charge in [-0.2, -0.15) is 0 Å². The molecule has 8 heteroatoms. The molecule has 0 fully saturated rings. The summed E-state index contributed by atoms with van der Waals surface area (Å²) in [6, 6.07) is 11.1. The van der Waals surface area contributed by atoms with Crippen LogP contribution in [0.5, 0.6) is 11.5 Å². The smallest absolute Gasteiger partial charge is 0.264 e. The lowest BCUT2D eigenvalue weighted by atomic mass is 10.1. The maximum absolute atomic E-state index is 12.3. The van der Waals surface area contributed by atoms with Gasteiger partial charge in [0, 0.05) is 6.42 Å². The third-order valence-corrected chi connectivity index (χ3v) is 5.17. The second-order valence-electron chi connectivity index (χ2n) is 5.68. The predicted molar refractivity (Wildman–Crippen MR) is 94.7 cm³/mol. The monoisotopic (exact) mass is 378 g/mol. The molecule has 6 nitrogen and oxygen atoms in total. The molecule has 1 aromatic heterocycles.